The maximum Gasteiger partial charge on any atom is 0.311 e. The second kappa shape index (κ2) is 6.23. The first-order valence-corrected chi connectivity index (χ1v) is 7.50. The van der Waals surface area contributed by atoms with Crippen molar-refractivity contribution in [3.8, 4) is 0 Å². The average Bonchev–Trinajstić information content (AvgIpc) is 2.91. The number of esters is 1. The smallest absolute Gasteiger partial charge is 0.311 e. The number of carbonyl (C=O) groups is 1. The van der Waals surface area contributed by atoms with Gasteiger partial charge in [-0.2, -0.15) is 0 Å². The zero-order chi connectivity index (χ0) is 15.5. The summed E-state index contributed by atoms with van der Waals surface area (Å²) in [6, 6.07) is 5.50. The number of rotatable bonds is 4. The molecule has 0 saturated carbocycles. The number of imidazole rings is 1. The van der Waals surface area contributed by atoms with Crippen molar-refractivity contribution < 1.29 is 9.53 Å². The van der Waals surface area contributed by atoms with Crippen LogP contribution in [0, 0.1) is 0 Å². The topological polar surface area (TPSA) is 80.8 Å². The maximum absolute atomic E-state index is 12.0. The lowest BCUT2D eigenvalue weighted by molar-refractivity contribution is -0.148. The lowest BCUT2D eigenvalue weighted by Crippen LogP contribution is -2.12. The van der Waals surface area contributed by atoms with E-state index in [2.05, 4.69) is 35.9 Å². The zero-order valence-electron chi connectivity index (χ0n) is 11.8. The van der Waals surface area contributed by atoms with E-state index >= 15 is 0 Å². The van der Waals surface area contributed by atoms with Crippen LogP contribution in [-0.2, 0) is 16.0 Å². The van der Waals surface area contributed by atoms with Gasteiger partial charge in [-0.25, -0.2) is 9.97 Å². The lowest BCUT2D eigenvalue weighted by Gasteiger charge is -2.10. The number of halogens is 1. The van der Waals surface area contributed by atoms with Crippen molar-refractivity contribution in [3.05, 3.63) is 52.7 Å². The predicted octanol–water partition coefficient (Wildman–Crippen LogP) is 2.96. The van der Waals surface area contributed by atoms with Crippen molar-refractivity contribution in [3.63, 3.8) is 0 Å². The SMILES string of the molecule is CC(OC(=O)Cc1cccnc1)c1nc2ncc(Br)cc2[nH]1. The number of nitrogens with one attached hydrogen (secondary N) is 1. The molecule has 6 nitrogen and oxygen atoms in total. The number of pyridine rings is 2. The highest BCUT2D eigenvalue weighted by molar-refractivity contribution is 9.10. The number of H-pyrrole nitrogens is 1. The second-order valence-corrected chi connectivity index (χ2v) is 5.73. The number of hydrogen-bond donors (Lipinski definition) is 1. The van der Waals surface area contributed by atoms with Crippen molar-refractivity contribution >= 4 is 33.1 Å². The van der Waals surface area contributed by atoms with Crippen molar-refractivity contribution in [1.29, 1.82) is 0 Å². The van der Waals surface area contributed by atoms with Gasteiger partial charge in [-0.05, 0) is 40.5 Å². The van der Waals surface area contributed by atoms with Crippen LogP contribution in [0.3, 0.4) is 0 Å². The lowest BCUT2D eigenvalue weighted by atomic mass is 10.2. The van der Waals surface area contributed by atoms with Gasteiger partial charge >= 0.3 is 5.97 Å². The summed E-state index contributed by atoms with van der Waals surface area (Å²) in [4.78, 5) is 27.6. The number of aromatic amines is 1. The summed E-state index contributed by atoms with van der Waals surface area (Å²) in [7, 11) is 0. The molecule has 0 aliphatic carbocycles. The molecule has 0 aliphatic heterocycles. The molecule has 0 fully saturated rings. The summed E-state index contributed by atoms with van der Waals surface area (Å²) < 4.78 is 6.26. The minimum absolute atomic E-state index is 0.183. The van der Waals surface area contributed by atoms with Crippen LogP contribution in [0.4, 0.5) is 0 Å². The Balaban J connectivity index is 1.70. The fraction of sp³-hybridized carbons (Fsp3) is 0.200. The van der Waals surface area contributed by atoms with Crippen LogP contribution in [-0.4, -0.2) is 25.9 Å². The molecule has 0 bridgehead atoms. The molecule has 112 valence electrons. The molecular formula is C15H13BrN4O2. The van der Waals surface area contributed by atoms with Crippen molar-refractivity contribution in [1.82, 2.24) is 19.9 Å². The summed E-state index contributed by atoms with van der Waals surface area (Å²) >= 11 is 3.35. The minimum atomic E-state index is -0.475. The number of aromatic nitrogens is 4. The quantitative estimate of drug-likeness (QED) is 0.723. The Labute approximate surface area is 135 Å². The maximum atomic E-state index is 12.0. The zero-order valence-corrected chi connectivity index (χ0v) is 13.4. The van der Waals surface area contributed by atoms with Gasteiger partial charge in [0, 0.05) is 23.1 Å². The van der Waals surface area contributed by atoms with Crippen LogP contribution >= 0.6 is 15.9 Å². The molecular weight excluding hydrogens is 348 g/mol. The number of nitrogens with zero attached hydrogens (tertiary/aromatic N) is 3. The van der Waals surface area contributed by atoms with Crippen LogP contribution in [0.1, 0.15) is 24.4 Å². The summed E-state index contributed by atoms with van der Waals surface area (Å²) in [5.74, 6) is 0.246. The molecule has 22 heavy (non-hydrogen) atoms. The largest absolute Gasteiger partial charge is 0.454 e. The van der Waals surface area contributed by atoms with Crippen LogP contribution < -0.4 is 0 Å². The summed E-state index contributed by atoms with van der Waals surface area (Å²) in [6.07, 6.45) is 4.69. The number of hydrogen-bond acceptors (Lipinski definition) is 5. The molecule has 0 radical (unpaired) electrons. The average molecular weight is 361 g/mol. The first kappa shape index (κ1) is 14.6. The Kier molecular flexibility index (Phi) is 4.15. The molecule has 0 aliphatic rings. The number of carbonyl (C=O) groups excluding carboxylic acids is 1. The minimum Gasteiger partial charge on any atom is -0.454 e. The van der Waals surface area contributed by atoms with Gasteiger partial charge in [0.15, 0.2) is 11.8 Å². The second-order valence-electron chi connectivity index (χ2n) is 4.82. The Morgan fingerprint density at radius 1 is 1.45 bits per heavy atom. The van der Waals surface area contributed by atoms with E-state index in [1.807, 2.05) is 12.1 Å². The molecule has 3 rings (SSSR count). The van der Waals surface area contributed by atoms with Crippen molar-refractivity contribution in [2.45, 2.75) is 19.4 Å². The van der Waals surface area contributed by atoms with E-state index in [-0.39, 0.29) is 12.4 Å². The van der Waals surface area contributed by atoms with Gasteiger partial charge in [-0.15, -0.1) is 0 Å². The Morgan fingerprint density at radius 2 is 2.32 bits per heavy atom. The van der Waals surface area contributed by atoms with Gasteiger partial charge in [-0.1, -0.05) is 6.07 Å². The van der Waals surface area contributed by atoms with E-state index in [0.29, 0.717) is 11.5 Å². The van der Waals surface area contributed by atoms with Gasteiger partial charge < -0.3 is 9.72 Å². The fourth-order valence-electron chi connectivity index (χ4n) is 2.05. The molecule has 1 atom stereocenters. The molecule has 1 N–H and O–H groups in total. The summed E-state index contributed by atoms with van der Waals surface area (Å²) in [6.45, 7) is 1.77. The van der Waals surface area contributed by atoms with E-state index in [0.717, 1.165) is 15.6 Å². The van der Waals surface area contributed by atoms with Crippen molar-refractivity contribution in [2.24, 2.45) is 0 Å². The molecule has 0 saturated heterocycles. The third-order valence-corrected chi connectivity index (χ3v) is 3.52. The summed E-state index contributed by atoms with van der Waals surface area (Å²) in [5, 5.41) is 0. The third kappa shape index (κ3) is 3.30. The van der Waals surface area contributed by atoms with Gasteiger partial charge in [0.1, 0.15) is 5.82 Å². The first-order valence-electron chi connectivity index (χ1n) is 6.71. The highest BCUT2D eigenvalue weighted by atomic mass is 79.9. The Bertz CT molecular complexity index is 804. The van der Waals surface area contributed by atoms with Gasteiger partial charge in [0.2, 0.25) is 0 Å². The van der Waals surface area contributed by atoms with Crippen LogP contribution in [0.25, 0.3) is 11.2 Å². The monoisotopic (exact) mass is 360 g/mol. The predicted molar refractivity (Wildman–Crippen MR) is 84.0 cm³/mol. The molecule has 0 spiro atoms. The van der Waals surface area contributed by atoms with E-state index in [4.69, 9.17) is 4.74 Å². The molecule has 7 heteroatoms. The van der Waals surface area contributed by atoms with Crippen LogP contribution in [0.2, 0.25) is 0 Å². The van der Waals surface area contributed by atoms with E-state index in [1.165, 1.54) is 0 Å². The van der Waals surface area contributed by atoms with E-state index in [1.54, 1.807) is 31.6 Å². The highest BCUT2D eigenvalue weighted by Crippen LogP contribution is 2.20. The Morgan fingerprint density at radius 3 is 3.09 bits per heavy atom. The number of fused-ring (bicyclic) bond motifs is 1. The molecule has 1 unspecified atom stereocenters. The van der Waals surface area contributed by atoms with Crippen LogP contribution in [0.5, 0.6) is 0 Å². The first-order chi connectivity index (χ1) is 10.6. The molecule has 3 aromatic rings. The molecule has 0 amide bonds. The standard InChI is InChI=1S/C15H13BrN4O2/c1-9(22-13(21)5-10-3-2-4-17-7-10)14-19-12-6-11(16)8-18-15(12)20-14/h2-4,6-9H,5H2,1H3,(H,18,19,20). The van der Waals surface area contributed by atoms with E-state index in [9.17, 15) is 4.79 Å². The fourth-order valence-corrected chi connectivity index (χ4v) is 2.38. The van der Waals surface area contributed by atoms with Gasteiger partial charge in [-0.3, -0.25) is 9.78 Å². The highest BCUT2D eigenvalue weighted by Gasteiger charge is 2.16. The number of ether oxygens (including phenoxy) is 1. The molecule has 3 heterocycles. The third-order valence-electron chi connectivity index (χ3n) is 3.09. The Hall–Kier alpha value is -2.28. The normalized spacial score (nSPS) is 12.3. The van der Waals surface area contributed by atoms with E-state index < -0.39 is 6.10 Å². The summed E-state index contributed by atoms with van der Waals surface area (Å²) in [5.41, 5.74) is 2.20. The molecule has 0 aromatic carbocycles. The van der Waals surface area contributed by atoms with Gasteiger partial charge in [0.05, 0.1) is 11.9 Å². The van der Waals surface area contributed by atoms with Crippen LogP contribution in [0.15, 0.2) is 41.3 Å². The van der Waals surface area contributed by atoms with Crippen molar-refractivity contribution in [2.75, 3.05) is 0 Å². The van der Waals surface area contributed by atoms with Gasteiger partial charge in [0.25, 0.3) is 0 Å². The molecule has 3 aromatic heterocycles.